The molecule has 4 heterocycles. The van der Waals surface area contributed by atoms with Crippen molar-refractivity contribution < 1.29 is 56.6 Å². The Bertz CT molecular complexity index is 2950. The Morgan fingerprint density at radius 1 is 0.623 bits per heavy atom. The van der Waals surface area contributed by atoms with Gasteiger partial charge in [0.2, 0.25) is 23.0 Å². The average molecular weight is 1210 g/mol. The summed E-state index contributed by atoms with van der Waals surface area (Å²) in [6.45, 7) is 4.39. The van der Waals surface area contributed by atoms with Crippen molar-refractivity contribution in [3.8, 4) is 0 Å². The van der Waals surface area contributed by atoms with Crippen LogP contribution in [0.2, 0.25) is 0 Å². The number of hydrogen-bond donors (Lipinski definition) is 5. The van der Waals surface area contributed by atoms with Crippen molar-refractivity contribution >= 4 is 129 Å². The first kappa shape index (κ1) is 63.5. The van der Waals surface area contributed by atoms with E-state index in [1.165, 1.54) is 32.3 Å². The van der Waals surface area contributed by atoms with Crippen LogP contribution in [0.1, 0.15) is 84.0 Å². The summed E-state index contributed by atoms with van der Waals surface area (Å²) in [7, 11) is 3.04. The average Bonchev–Trinajstić information content (AvgIpc) is 4.01. The summed E-state index contributed by atoms with van der Waals surface area (Å²) in [4.78, 5) is 102. The number of imide groups is 2. The summed E-state index contributed by atoms with van der Waals surface area (Å²) >= 11 is 3.20. The van der Waals surface area contributed by atoms with E-state index in [1.54, 1.807) is 59.5 Å². The first-order valence-corrected chi connectivity index (χ1v) is 25.0. The van der Waals surface area contributed by atoms with E-state index in [2.05, 4.69) is 42.5 Å². The normalized spacial score (nSPS) is 21.0. The minimum Gasteiger partial charge on any atom is -0.427 e. The molecule has 6 aliphatic rings. The number of nitrogens with zero attached hydrogens (tertiary/aromatic N) is 3. The highest BCUT2D eigenvalue weighted by Gasteiger charge is 2.59. The van der Waals surface area contributed by atoms with Crippen molar-refractivity contribution in [2.45, 2.75) is 102 Å². The third kappa shape index (κ3) is 13.3. The molecule has 2 spiro atoms. The standard InChI is InChI=1S/C26H27FN4O5.C13H15BrFNO.C13H13N3O4.4H2S/c1-15-3-4-16-11-19(27)6-5-18(16)13-30(15)22(32)14-31-23(33)26(36-25(31)35)10-9-17-12-20(7-8-21(17)26)29-24(34)28-2;1-9-2-3-10-6-12(15)5-4-11(10)8-16(9)13(17)7-14;1-14-11(18)15-8-2-3-9-7(6-8)4-5-13(9)10(17)16-12(19)20-13;;;;/h5-8,11-12,15H,3-4,9-10,13-14H2,1-2H3,(H2,28,29,34);4-6,9H,2-3,7-8H2,1H3;2-3,6H,4-5H2,1H3,(H2,14,15,18)(H,16,17,19);4*1H2/t15-,26+;9-;13-;;;;/m110..../s1. The lowest BCUT2D eigenvalue weighted by atomic mass is 9.94. The van der Waals surface area contributed by atoms with E-state index >= 15 is 0 Å². The smallest absolute Gasteiger partial charge is 0.418 e. The Balaban J connectivity index is 0.000000266. The number of aryl methyl sites for hydroxylation is 4. The van der Waals surface area contributed by atoms with E-state index in [4.69, 9.17) is 9.47 Å². The first-order valence-electron chi connectivity index (χ1n) is 23.9. The number of amides is 10. The number of hydrogen-bond acceptors (Lipinski definition) is 10. The van der Waals surface area contributed by atoms with Gasteiger partial charge in [-0.2, -0.15) is 54.0 Å². The maximum absolute atomic E-state index is 13.7. The van der Waals surface area contributed by atoms with Crippen LogP contribution in [0.4, 0.5) is 39.3 Å². The number of urea groups is 2. The monoisotopic (exact) mass is 1200 g/mol. The van der Waals surface area contributed by atoms with Crippen molar-refractivity contribution in [2.24, 2.45) is 0 Å². The molecule has 0 radical (unpaired) electrons. The minimum atomic E-state index is -1.47. The van der Waals surface area contributed by atoms with Crippen LogP contribution in [-0.2, 0) is 78.6 Å². The van der Waals surface area contributed by atoms with Crippen LogP contribution >= 0.6 is 69.9 Å². The molecule has 25 heteroatoms. The molecule has 2 fully saturated rings. The van der Waals surface area contributed by atoms with Gasteiger partial charge in [0.15, 0.2) is 0 Å². The molecule has 0 saturated carbocycles. The Labute approximate surface area is 480 Å². The molecule has 0 aromatic heterocycles. The summed E-state index contributed by atoms with van der Waals surface area (Å²) in [6.07, 6.45) is 3.21. The quantitative estimate of drug-likeness (QED) is 0.126. The summed E-state index contributed by atoms with van der Waals surface area (Å²) in [6, 6.07) is 19.0. The molecule has 416 valence electrons. The van der Waals surface area contributed by atoms with E-state index in [9.17, 15) is 47.1 Å². The molecular weight excluding hydrogens is 1140 g/mol. The summed E-state index contributed by atoms with van der Waals surface area (Å²) in [5.41, 5.74) is 5.27. The predicted octanol–water partition coefficient (Wildman–Crippen LogP) is 7.24. The fraction of sp³-hybridized carbons (Fsp3) is 0.385. The van der Waals surface area contributed by atoms with Crippen molar-refractivity contribution in [1.29, 1.82) is 0 Å². The molecule has 2 saturated heterocycles. The second kappa shape index (κ2) is 26.6. The number of anilines is 2. The van der Waals surface area contributed by atoms with Gasteiger partial charge in [-0.15, -0.1) is 0 Å². The van der Waals surface area contributed by atoms with Crippen molar-refractivity contribution in [2.75, 3.05) is 36.6 Å². The number of carbonyl (C=O) groups is 8. The maximum Gasteiger partial charge on any atom is 0.418 e. The lowest BCUT2D eigenvalue weighted by molar-refractivity contribution is -0.143. The van der Waals surface area contributed by atoms with Crippen molar-refractivity contribution in [3.63, 3.8) is 0 Å². The van der Waals surface area contributed by atoms with Crippen LogP contribution in [0.15, 0.2) is 72.8 Å². The zero-order chi connectivity index (χ0) is 52.4. The molecule has 4 aromatic rings. The number of carbonyl (C=O) groups excluding carboxylic acids is 8. The number of ether oxygens (including phenoxy) is 2. The number of alkyl halides is 1. The summed E-state index contributed by atoms with van der Waals surface area (Å²) in [5, 5.41) is 12.8. The van der Waals surface area contributed by atoms with Gasteiger partial charge in [0, 0.05) is 74.6 Å². The van der Waals surface area contributed by atoms with E-state index in [0.717, 1.165) is 51.1 Å². The summed E-state index contributed by atoms with van der Waals surface area (Å²) < 4.78 is 37.7. The van der Waals surface area contributed by atoms with E-state index in [0.29, 0.717) is 66.5 Å². The second-order valence-electron chi connectivity index (χ2n) is 18.7. The topological polar surface area (TPSA) is 225 Å². The molecule has 18 nitrogen and oxygen atoms in total. The van der Waals surface area contributed by atoms with E-state index in [-0.39, 0.29) is 115 Å². The second-order valence-corrected chi connectivity index (χ2v) is 19.2. The van der Waals surface area contributed by atoms with Gasteiger partial charge in [0.05, 0.1) is 5.33 Å². The zero-order valence-corrected chi connectivity index (χ0v) is 48.2. The Kier molecular flexibility index (Phi) is 21.9. The van der Waals surface area contributed by atoms with Crippen LogP contribution in [-0.4, -0.2) is 101 Å². The molecule has 5 N–H and O–H groups in total. The molecule has 0 bridgehead atoms. The van der Waals surface area contributed by atoms with Crippen LogP contribution < -0.4 is 26.6 Å². The number of rotatable bonds is 5. The lowest BCUT2D eigenvalue weighted by Gasteiger charge is -2.28. The molecule has 4 aliphatic heterocycles. The molecule has 0 unspecified atom stereocenters. The van der Waals surface area contributed by atoms with Gasteiger partial charge in [0.25, 0.3) is 11.8 Å². The van der Waals surface area contributed by atoms with Gasteiger partial charge in [-0.25, -0.2) is 32.9 Å². The molecule has 4 atom stereocenters. The fourth-order valence-corrected chi connectivity index (χ4v) is 10.6. The van der Waals surface area contributed by atoms with Crippen LogP contribution in [0.5, 0.6) is 0 Å². The van der Waals surface area contributed by atoms with Crippen LogP contribution in [0.25, 0.3) is 0 Å². The molecule has 10 rings (SSSR count). The first-order chi connectivity index (χ1) is 34.9. The number of nitrogens with one attached hydrogen (secondary N) is 5. The highest BCUT2D eigenvalue weighted by Crippen LogP contribution is 2.46. The molecular formula is C52H63BrF2N8O10S4. The van der Waals surface area contributed by atoms with Crippen LogP contribution in [0, 0.1) is 11.6 Å². The predicted molar refractivity (Wildman–Crippen MR) is 307 cm³/mol. The van der Waals surface area contributed by atoms with Gasteiger partial charge in [-0.3, -0.25) is 24.5 Å². The third-order valence-corrected chi connectivity index (χ3v) is 14.7. The van der Waals surface area contributed by atoms with Gasteiger partial charge in [-0.1, -0.05) is 40.2 Å². The van der Waals surface area contributed by atoms with Gasteiger partial charge < -0.3 is 40.5 Å². The molecule has 4 aromatic carbocycles. The lowest BCUT2D eigenvalue weighted by Crippen LogP contribution is -2.46. The van der Waals surface area contributed by atoms with Crippen molar-refractivity contribution in [3.05, 3.63) is 129 Å². The van der Waals surface area contributed by atoms with Gasteiger partial charge in [-0.05, 0) is 134 Å². The number of halogens is 3. The van der Waals surface area contributed by atoms with Crippen molar-refractivity contribution in [1.82, 2.24) is 30.7 Å². The maximum atomic E-state index is 13.7. The molecule has 10 amide bonds. The zero-order valence-electron chi connectivity index (χ0n) is 42.6. The van der Waals surface area contributed by atoms with Crippen LogP contribution in [0.3, 0.4) is 0 Å². The number of fused-ring (bicyclic) bond motifs is 6. The molecule has 77 heavy (non-hydrogen) atoms. The fourth-order valence-electron chi connectivity index (χ4n) is 10.3. The van der Waals surface area contributed by atoms with Gasteiger partial charge in [0.1, 0.15) is 18.2 Å². The highest BCUT2D eigenvalue weighted by atomic mass is 79.9. The number of alkyl carbamates (subject to hydrolysis) is 1. The highest BCUT2D eigenvalue weighted by molar-refractivity contribution is 9.09. The SMILES string of the molecule is CNC(=O)Nc1ccc2c(c1)CC[C@]21OC(=O)N(CC(=O)N2Cc3ccc(F)cc3CC[C@H]2C)C1=O.CNC(=O)Nc1ccc2c(c1)CC[C@]21OC(=O)NC1=O.C[C@@H]1CCc2cc(F)ccc2CN1C(=O)CBr.S.S.S.S. The summed E-state index contributed by atoms with van der Waals surface area (Å²) in [5.74, 6) is -1.77. The van der Waals surface area contributed by atoms with Gasteiger partial charge >= 0.3 is 24.2 Å². The molecule has 2 aliphatic carbocycles. The Morgan fingerprint density at radius 3 is 1.55 bits per heavy atom. The number of benzene rings is 4. The van der Waals surface area contributed by atoms with E-state index < -0.39 is 41.7 Å². The minimum absolute atomic E-state index is 0. The Morgan fingerprint density at radius 2 is 1.09 bits per heavy atom. The Hall–Kier alpha value is -6.02. The third-order valence-electron chi connectivity index (χ3n) is 14.3. The largest absolute Gasteiger partial charge is 0.427 e. The van der Waals surface area contributed by atoms with E-state index in [1.807, 2.05) is 18.7 Å².